The maximum atomic E-state index is 14.4. The molecular weight excluding hydrogens is 371 g/mol. The number of rotatable bonds is 5. The lowest BCUT2D eigenvalue weighted by molar-refractivity contribution is 0.101. The Hall–Kier alpha value is -4.00. The Bertz CT molecular complexity index is 1200. The van der Waals surface area contributed by atoms with E-state index in [0.717, 1.165) is 0 Å². The molecule has 0 saturated carbocycles. The Labute approximate surface area is 166 Å². The smallest absolute Gasteiger partial charge is 0.261 e. The monoisotopic (exact) mass is 388 g/mol. The van der Waals surface area contributed by atoms with Crippen molar-refractivity contribution in [3.8, 4) is 11.5 Å². The summed E-state index contributed by atoms with van der Waals surface area (Å²) < 4.78 is 17.4. The van der Waals surface area contributed by atoms with Gasteiger partial charge >= 0.3 is 0 Å². The van der Waals surface area contributed by atoms with E-state index in [1.165, 1.54) is 23.9 Å². The van der Waals surface area contributed by atoms with Gasteiger partial charge in [-0.3, -0.25) is 9.59 Å². The van der Waals surface area contributed by atoms with Crippen LogP contribution in [-0.2, 0) is 0 Å². The molecule has 4 aromatic rings. The summed E-state index contributed by atoms with van der Waals surface area (Å²) in [5.74, 6) is -0.686. The van der Waals surface area contributed by atoms with Crippen molar-refractivity contribution in [1.82, 2.24) is 14.3 Å². The lowest BCUT2D eigenvalue weighted by Crippen LogP contribution is -2.17. The van der Waals surface area contributed by atoms with Crippen LogP contribution in [0.5, 0.6) is 0 Å². The van der Waals surface area contributed by atoms with E-state index < -0.39 is 11.7 Å². The van der Waals surface area contributed by atoms with Crippen molar-refractivity contribution in [1.29, 1.82) is 0 Å². The molecule has 144 valence electrons. The van der Waals surface area contributed by atoms with Crippen LogP contribution in [-0.4, -0.2) is 26.0 Å². The van der Waals surface area contributed by atoms with E-state index >= 15 is 0 Å². The van der Waals surface area contributed by atoms with E-state index in [4.69, 9.17) is 0 Å². The number of nitrogens with one attached hydrogen (secondary N) is 1. The zero-order valence-electron chi connectivity index (χ0n) is 15.5. The van der Waals surface area contributed by atoms with E-state index in [0.29, 0.717) is 17.1 Å². The lowest BCUT2D eigenvalue weighted by Gasteiger charge is -2.12. The third kappa shape index (κ3) is 3.45. The first-order valence-electron chi connectivity index (χ1n) is 8.94. The average molecular weight is 388 g/mol. The third-order valence-corrected chi connectivity index (χ3v) is 4.47. The molecule has 0 saturated heterocycles. The van der Waals surface area contributed by atoms with Crippen molar-refractivity contribution in [2.45, 2.75) is 6.92 Å². The van der Waals surface area contributed by atoms with E-state index in [1.54, 1.807) is 71.6 Å². The first kappa shape index (κ1) is 18.4. The molecule has 0 unspecified atom stereocenters. The molecule has 2 heterocycles. The van der Waals surface area contributed by atoms with Crippen LogP contribution in [0.15, 0.2) is 79.3 Å². The Balaban J connectivity index is 1.80. The zero-order chi connectivity index (χ0) is 20.4. The summed E-state index contributed by atoms with van der Waals surface area (Å²) in [6.45, 7) is 1.44. The summed E-state index contributed by atoms with van der Waals surface area (Å²) in [6, 6.07) is 16.6. The Kier molecular flexibility index (Phi) is 4.78. The second kappa shape index (κ2) is 7.55. The molecule has 0 radical (unpaired) electrons. The molecule has 2 aromatic heterocycles. The van der Waals surface area contributed by atoms with Gasteiger partial charge in [0, 0.05) is 18.0 Å². The molecule has 0 fully saturated rings. The predicted molar refractivity (Wildman–Crippen MR) is 107 cm³/mol. The molecule has 6 nitrogen and oxygen atoms in total. The molecule has 4 rings (SSSR count). The highest BCUT2D eigenvalue weighted by Gasteiger charge is 2.22. The molecular formula is C22H17FN4O2. The van der Waals surface area contributed by atoms with Gasteiger partial charge in [-0.1, -0.05) is 24.3 Å². The Morgan fingerprint density at radius 3 is 2.34 bits per heavy atom. The Morgan fingerprint density at radius 1 is 0.931 bits per heavy atom. The van der Waals surface area contributed by atoms with Crippen molar-refractivity contribution >= 4 is 17.4 Å². The highest BCUT2D eigenvalue weighted by Crippen LogP contribution is 2.23. The lowest BCUT2D eigenvalue weighted by atomic mass is 10.1. The number of Topliss-reactive ketones (excluding diaryl/α,β-unsaturated/α-hetero) is 1. The number of carbonyl (C=O) groups is 2. The summed E-state index contributed by atoms with van der Waals surface area (Å²) in [5, 5.41) is 7.02. The normalized spacial score (nSPS) is 10.7. The van der Waals surface area contributed by atoms with Gasteiger partial charge in [0.15, 0.2) is 11.6 Å². The minimum atomic E-state index is -0.460. The molecule has 29 heavy (non-hydrogen) atoms. The van der Waals surface area contributed by atoms with Gasteiger partial charge in [-0.05, 0) is 43.3 Å². The van der Waals surface area contributed by atoms with Crippen LogP contribution in [0.25, 0.3) is 11.5 Å². The number of anilines is 1. The fourth-order valence-electron chi connectivity index (χ4n) is 3.11. The first-order chi connectivity index (χ1) is 14.1. The maximum absolute atomic E-state index is 14.4. The first-order valence-corrected chi connectivity index (χ1v) is 8.94. The molecule has 1 N–H and O–H groups in total. The van der Waals surface area contributed by atoms with Crippen molar-refractivity contribution in [2.75, 3.05) is 5.32 Å². The van der Waals surface area contributed by atoms with Gasteiger partial charge in [0.25, 0.3) is 5.91 Å². The molecule has 0 aliphatic rings. The van der Waals surface area contributed by atoms with Crippen LogP contribution in [0.3, 0.4) is 0 Å². The van der Waals surface area contributed by atoms with Crippen molar-refractivity contribution in [3.63, 3.8) is 0 Å². The van der Waals surface area contributed by atoms with Crippen LogP contribution in [0.4, 0.5) is 10.1 Å². The average Bonchev–Trinajstić information content (AvgIpc) is 3.38. The summed E-state index contributed by atoms with van der Waals surface area (Å²) in [7, 11) is 0. The number of nitrogens with zero attached hydrogens (tertiary/aromatic N) is 3. The zero-order valence-corrected chi connectivity index (χ0v) is 15.5. The van der Waals surface area contributed by atoms with Gasteiger partial charge < -0.3 is 9.88 Å². The summed E-state index contributed by atoms with van der Waals surface area (Å²) in [6.07, 6.45) is 4.87. The van der Waals surface area contributed by atoms with Gasteiger partial charge in [-0.25, -0.2) is 9.07 Å². The number of hydrogen-bond acceptors (Lipinski definition) is 3. The van der Waals surface area contributed by atoms with E-state index in [-0.39, 0.29) is 17.0 Å². The van der Waals surface area contributed by atoms with Crippen molar-refractivity contribution in [2.24, 2.45) is 0 Å². The largest absolute Gasteiger partial charge is 0.321 e. The fourth-order valence-corrected chi connectivity index (χ4v) is 3.11. The molecule has 2 aromatic carbocycles. The standard InChI is InChI=1S/C22H17FN4O2/c1-15(28)16-8-2-4-10-19(16)25-21(29)17-14-24-27(20-11-5-3-9-18(20)23)22(17)26-12-6-7-13-26/h2-14H,1H3,(H,25,29). The molecule has 0 atom stereocenters. The van der Waals surface area contributed by atoms with Gasteiger partial charge in [0.1, 0.15) is 17.1 Å². The number of halogens is 1. The molecule has 7 heteroatoms. The summed E-state index contributed by atoms with van der Waals surface area (Å²) in [5.41, 5.74) is 1.27. The van der Waals surface area contributed by atoms with Gasteiger partial charge in [0.2, 0.25) is 0 Å². The quantitative estimate of drug-likeness (QED) is 0.520. The van der Waals surface area contributed by atoms with Crippen LogP contribution < -0.4 is 5.32 Å². The van der Waals surface area contributed by atoms with E-state index in [9.17, 15) is 14.0 Å². The molecule has 0 aliphatic carbocycles. The van der Waals surface area contributed by atoms with Crippen LogP contribution >= 0.6 is 0 Å². The van der Waals surface area contributed by atoms with Gasteiger partial charge in [-0.15, -0.1) is 0 Å². The molecule has 0 spiro atoms. The van der Waals surface area contributed by atoms with Gasteiger partial charge in [-0.2, -0.15) is 5.10 Å². The molecule has 0 aliphatic heterocycles. The number of amides is 1. The molecule has 1 amide bonds. The van der Waals surface area contributed by atoms with E-state index in [2.05, 4.69) is 10.4 Å². The number of carbonyl (C=O) groups excluding carboxylic acids is 2. The van der Waals surface area contributed by atoms with Crippen molar-refractivity contribution < 1.29 is 14.0 Å². The highest BCUT2D eigenvalue weighted by molar-refractivity contribution is 6.10. The SMILES string of the molecule is CC(=O)c1ccccc1NC(=O)c1cnn(-c2ccccc2F)c1-n1cccc1. The van der Waals surface area contributed by atoms with Crippen LogP contribution in [0, 0.1) is 5.82 Å². The summed E-state index contributed by atoms with van der Waals surface area (Å²) in [4.78, 5) is 24.9. The van der Waals surface area contributed by atoms with E-state index in [1.807, 2.05) is 0 Å². The maximum Gasteiger partial charge on any atom is 0.261 e. The second-order valence-corrected chi connectivity index (χ2v) is 6.39. The minimum absolute atomic E-state index is 0.159. The predicted octanol–water partition coefficient (Wildman–Crippen LogP) is 4.26. The van der Waals surface area contributed by atoms with Crippen LogP contribution in [0.2, 0.25) is 0 Å². The highest BCUT2D eigenvalue weighted by atomic mass is 19.1. The number of ketones is 1. The topological polar surface area (TPSA) is 68.9 Å². The minimum Gasteiger partial charge on any atom is -0.321 e. The fraction of sp³-hybridized carbons (Fsp3) is 0.0455. The number of para-hydroxylation sites is 2. The van der Waals surface area contributed by atoms with Gasteiger partial charge in [0.05, 0.1) is 11.9 Å². The van der Waals surface area contributed by atoms with Crippen LogP contribution in [0.1, 0.15) is 27.6 Å². The Morgan fingerprint density at radius 2 is 1.62 bits per heavy atom. The number of hydrogen-bond donors (Lipinski definition) is 1. The number of benzene rings is 2. The van der Waals surface area contributed by atoms with Crippen molar-refractivity contribution in [3.05, 3.63) is 96.2 Å². The summed E-state index contributed by atoms with van der Waals surface area (Å²) >= 11 is 0. The molecule has 0 bridgehead atoms. The second-order valence-electron chi connectivity index (χ2n) is 6.39. The number of aromatic nitrogens is 3. The third-order valence-electron chi connectivity index (χ3n) is 4.47.